The normalized spacial score (nSPS) is 26.5. The van der Waals surface area contributed by atoms with Crippen LogP contribution in [0.15, 0.2) is 24.3 Å². The second-order valence-corrected chi connectivity index (χ2v) is 15.0. The van der Waals surface area contributed by atoms with E-state index in [1.54, 1.807) is 0 Å². The molecular weight excluding hydrogens is 551 g/mol. The van der Waals surface area contributed by atoms with Crippen molar-refractivity contribution in [2.45, 2.75) is 137 Å². The summed E-state index contributed by atoms with van der Waals surface area (Å²) in [6.07, 6.45) is 9.37. The number of nitrogens with one attached hydrogen (secondary N) is 2. The second-order valence-electron chi connectivity index (χ2n) is 15.0. The van der Waals surface area contributed by atoms with Crippen LogP contribution in [0.4, 0.5) is 0 Å². The molecule has 3 saturated carbocycles. The summed E-state index contributed by atoms with van der Waals surface area (Å²) >= 11 is 0. The third-order valence-electron chi connectivity index (χ3n) is 10.8. The number of unbranched alkanes of at least 4 members (excludes halogenated alkanes) is 3. The predicted molar refractivity (Wildman–Crippen MR) is 176 cm³/mol. The molecule has 2 amide bonds. The van der Waals surface area contributed by atoms with Gasteiger partial charge in [-0.2, -0.15) is 0 Å². The molecule has 1 aromatic rings. The van der Waals surface area contributed by atoms with Crippen LogP contribution in [0, 0.1) is 29.1 Å². The molecule has 8 heteroatoms. The number of hydrogen-bond acceptors (Lipinski definition) is 5. The van der Waals surface area contributed by atoms with E-state index in [2.05, 4.69) is 59.1 Å². The first-order valence-electron chi connectivity index (χ1n) is 17.4. The first kappa shape index (κ1) is 34.7. The van der Waals surface area contributed by atoms with Gasteiger partial charge in [-0.1, -0.05) is 85.1 Å². The highest BCUT2D eigenvalue weighted by atomic mass is 16.7. The predicted octanol–water partition coefficient (Wildman–Crippen LogP) is 6.71. The lowest BCUT2D eigenvalue weighted by atomic mass is 9.43. The maximum absolute atomic E-state index is 13.9. The van der Waals surface area contributed by atoms with Crippen molar-refractivity contribution in [3.05, 3.63) is 35.4 Å². The number of amides is 2. The maximum atomic E-state index is 13.9. The van der Waals surface area contributed by atoms with Gasteiger partial charge in [-0.15, -0.1) is 0 Å². The Morgan fingerprint density at radius 1 is 1.00 bits per heavy atom. The quantitative estimate of drug-likeness (QED) is 0.116. The lowest BCUT2D eigenvalue weighted by Crippen LogP contribution is -2.65. The van der Waals surface area contributed by atoms with Gasteiger partial charge in [0.2, 0.25) is 11.8 Å². The van der Waals surface area contributed by atoms with Crippen molar-refractivity contribution < 1.29 is 23.7 Å². The summed E-state index contributed by atoms with van der Waals surface area (Å²) in [5.74, 6) is -0.0830. The van der Waals surface area contributed by atoms with Crippen molar-refractivity contribution >= 4 is 24.7 Å². The maximum Gasteiger partial charge on any atom is 0.481 e. The minimum Gasteiger partial charge on any atom is -0.404 e. The van der Waals surface area contributed by atoms with E-state index in [-0.39, 0.29) is 53.6 Å². The van der Waals surface area contributed by atoms with Crippen molar-refractivity contribution in [3.63, 3.8) is 0 Å². The largest absolute Gasteiger partial charge is 0.481 e. The topological polar surface area (TPSA) is 93.7 Å². The molecule has 244 valence electrons. The molecule has 5 rings (SSSR count). The third kappa shape index (κ3) is 7.96. The van der Waals surface area contributed by atoms with Crippen LogP contribution in [-0.2, 0) is 25.3 Å². The van der Waals surface area contributed by atoms with Crippen molar-refractivity contribution in [3.8, 4) is 0 Å². The molecule has 3 aliphatic carbocycles. The van der Waals surface area contributed by atoms with Gasteiger partial charge in [-0.3, -0.25) is 14.4 Å². The third-order valence-corrected chi connectivity index (χ3v) is 10.8. The molecule has 7 nitrogen and oxygen atoms in total. The van der Waals surface area contributed by atoms with Crippen LogP contribution in [0.2, 0.25) is 0 Å². The van der Waals surface area contributed by atoms with Crippen LogP contribution in [0.5, 0.6) is 0 Å². The minimum atomic E-state index is -0.696. The number of aryl methyl sites for hydroxylation is 1. The van der Waals surface area contributed by atoms with Gasteiger partial charge >= 0.3 is 7.12 Å². The van der Waals surface area contributed by atoms with Gasteiger partial charge in [0, 0.05) is 24.9 Å². The van der Waals surface area contributed by atoms with Gasteiger partial charge in [-0.25, -0.2) is 0 Å². The van der Waals surface area contributed by atoms with Crippen LogP contribution in [0.3, 0.4) is 0 Å². The Morgan fingerprint density at radius 3 is 2.34 bits per heavy atom. The summed E-state index contributed by atoms with van der Waals surface area (Å²) in [4.78, 5) is 40.0. The van der Waals surface area contributed by atoms with Crippen LogP contribution >= 0.6 is 0 Å². The van der Waals surface area contributed by atoms with Crippen LogP contribution in [-0.4, -0.2) is 48.9 Å². The zero-order valence-corrected chi connectivity index (χ0v) is 28.4. The average Bonchev–Trinajstić information content (AvgIpc) is 3.35. The zero-order chi connectivity index (χ0) is 32.1. The molecule has 2 bridgehead atoms. The molecule has 1 heterocycles. The molecule has 44 heavy (non-hydrogen) atoms. The summed E-state index contributed by atoms with van der Waals surface area (Å²) in [7, 11) is -0.540. The van der Waals surface area contributed by atoms with Crippen LogP contribution in [0.25, 0.3) is 0 Å². The van der Waals surface area contributed by atoms with E-state index in [0.717, 1.165) is 44.9 Å². The molecule has 1 aliphatic heterocycles. The highest BCUT2D eigenvalue weighted by Gasteiger charge is 2.68. The molecular formula is C36H57BN2O5. The summed E-state index contributed by atoms with van der Waals surface area (Å²) in [6, 6.07) is 7.74. The first-order valence-corrected chi connectivity index (χ1v) is 17.4. The van der Waals surface area contributed by atoms with Crippen molar-refractivity contribution in [1.82, 2.24) is 10.6 Å². The molecule has 0 aromatic heterocycles. The Morgan fingerprint density at radius 2 is 1.70 bits per heavy atom. The fraction of sp³-hybridized carbons (Fsp3) is 0.750. The Kier molecular flexibility index (Phi) is 11.8. The molecule has 6 atom stereocenters. The molecule has 4 aliphatic rings. The van der Waals surface area contributed by atoms with Crippen LogP contribution in [0.1, 0.15) is 129 Å². The number of carbonyl (C=O) groups is 3. The fourth-order valence-corrected chi connectivity index (χ4v) is 7.82. The van der Waals surface area contributed by atoms with Gasteiger partial charge in [0.15, 0.2) is 5.78 Å². The van der Waals surface area contributed by atoms with E-state index in [1.807, 2.05) is 24.3 Å². The SMILES string of the molecule is CCCCCC(=O)NC[C@H](CC(=O)c1ccc(CCCC)cc1)C(=O)N[C@@H](CC(C)C)B1O[C@@H]2C[C@H]3C[C@H](C3(C)C)[C@]2(C)O1. The molecule has 0 spiro atoms. The number of carbonyl (C=O) groups excluding carboxylic acids is 3. The van der Waals surface area contributed by atoms with E-state index < -0.39 is 13.0 Å². The van der Waals surface area contributed by atoms with Gasteiger partial charge in [0.25, 0.3) is 0 Å². The number of ketones is 1. The summed E-state index contributed by atoms with van der Waals surface area (Å²) < 4.78 is 13.3. The van der Waals surface area contributed by atoms with Crippen molar-refractivity contribution in [2.75, 3.05) is 6.54 Å². The highest BCUT2D eigenvalue weighted by molar-refractivity contribution is 6.47. The summed E-state index contributed by atoms with van der Waals surface area (Å²) in [6.45, 7) is 15.5. The molecule has 2 N–H and O–H groups in total. The van der Waals surface area contributed by atoms with Crippen LogP contribution < -0.4 is 10.6 Å². The number of Topliss-reactive ketones (excluding diaryl/α,β-unsaturated/α-hetero) is 1. The fourth-order valence-electron chi connectivity index (χ4n) is 7.82. The molecule has 4 fully saturated rings. The molecule has 1 aromatic carbocycles. The Balaban J connectivity index is 1.46. The molecule has 0 unspecified atom stereocenters. The van der Waals surface area contributed by atoms with Gasteiger partial charge < -0.3 is 19.9 Å². The number of rotatable bonds is 17. The van der Waals surface area contributed by atoms with Crippen molar-refractivity contribution in [1.29, 1.82) is 0 Å². The van der Waals surface area contributed by atoms with Gasteiger partial charge in [-0.05, 0) is 74.2 Å². The average molecular weight is 609 g/mol. The van der Waals surface area contributed by atoms with E-state index in [9.17, 15) is 14.4 Å². The lowest BCUT2D eigenvalue weighted by Gasteiger charge is -2.64. The number of hydrogen-bond donors (Lipinski definition) is 2. The molecule has 1 saturated heterocycles. The Labute approximate surface area is 266 Å². The van der Waals surface area contributed by atoms with E-state index in [0.29, 0.717) is 36.2 Å². The van der Waals surface area contributed by atoms with Gasteiger partial charge in [0.1, 0.15) is 0 Å². The first-order chi connectivity index (χ1) is 20.9. The Hall–Kier alpha value is -2.19. The second kappa shape index (κ2) is 14.9. The zero-order valence-electron chi connectivity index (χ0n) is 28.4. The van der Waals surface area contributed by atoms with Gasteiger partial charge in [0.05, 0.1) is 23.6 Å². The van der Waals surface area contributed by atoms with E-state index >= 15 is 0 Å². The Bertz CT molecular complexity index is 1140. The standard InChI is InChI=1S/C36H57BN2O5/c1-8-10-12-14-33(41)38-23-27(20-29(40)26-17-15-25(16-18-26)13-11-9-2)34(42)39-32(19-24(3)4)37-43-31-22-28-21-30(35(28,5)6)36(31,7)44-37/h15-18,24,27-28,30-32H,8-14,19-23H2,1-7H3,(H,38,41)(H,39,42)/t27-,28+,30+,31+,32-,36-/m0/s1. The molecule has 0 radical (unpaired) electrons. The minimum absolute atomic E-state index is 0.0223. The highest BCUT2D eigenvalue weighted by Crippen LogP contribution is 2.65. The number of benzene rings is 1. The smallest absolute Gasteiger partial charge is 0.404 e. The lowest BCUT2D eigenvalue weighted by molar-refractivity contribution is -0.199. The summed E-state index contributed by atoms with van der Waals surface area (Å²) in [5.41, 5.74) is 1.67. The van der Waals surface area contributed by atoms with E-state index in [4.69, 9.17) is 9.31 Å². The summed E-state index contributed by atoms with van der Waals surface area (Å²) in [5, 5.41) is 6.19. The van der Waals surface area contributed by atoms with Crippen molar-refractivity contribution in [2.24, 2.45) is 29.1 Å². The monoisotopic (exact) mass is 608 g/mol. The van der Waals surface area contributed by atoms with E-state index in [1.165, 1.54) is 12.0 Å².